The van der Waals surface area contributed by atoms with Crippen LogP contribution in [0.25, 0.3) is 11.0 Å². The van der Waals surface area contributed by atoms with Crippen LogP contribution in [0.15, 0.2) is 46.1 Å². The average molecular weight is 243 g/mol. The molecule has 0 atom stereocenters. The molecule has 1 aromatic heterocycles. The summed E-state index contributed by atoms with van der Waals surface area (Å²) in [7, 11) is 0. The Bertz CT molecular complexity index is 653. The maximum atomic E-state index is 11.4. The molecule has 3 nitrogen and oxygen atoms in total. The smallest absolute Gasteiger partial charge is 0.336 e. The van der Waals surface area contributed by atoms with Crippen molar-refractivity contribution in [1.29, 1.82) is 0 Å². The number of fused-ring (bicyclic) bond motifs is 1. The van der Waals surface area contributed by atoms with Gasteiger partial charge in [-0.2, -0.15) is 0 Å². The molecular weight excluding hydrogens is 226 g/mol. The fourth-order valence-electron chi connectivity index (χ4n) is 1.83. The van der Waals surface area contributed by atoms with Gasteiger partial charge in [-0.15, -0.1) is 6.58 Å². The normalized spacial score (nSPS) is 11.5. The second kappa shape index (κ2) is 4.33. The van der Waals surface area contributed by atoms with E-state index in [-0.39, 0.29) is 11.2 Å². The van der Waals surface area contributed by atoms with Crippen molar-refractivity contribution >= 4 is 16.7 Å². The molecule has 18 heavy (non-hydrogen) atoms. The molecule has 0 aliphatic heterocycles. The quantitative estimate of drug-likeness (QED) is 0.663. The van der Waals surface area contributed by atoms with E-state index in [1.165, 1.54) is 6.07 Å². The van der Waals surface area contributed by atoms with Crippen LogP contribution < -0.4 is 10.9 Å². The summed E-state index contributed by atoms with van der Waals surface area (Å²) in [6.07, 6.45) is 1.84. The van der Waals surface area contributed by atoms with Crippen LogP contribution >= 0.6 is 0 Å². The summed E-state index contributed by atoms with van der Waals surface area (Å²) in [4.78, 5) is 11.4. The van der Waals surface area contributed by atoms with E-state index < -0.39 is 0 Å². The zero-order chi connectivity index (χ0) is 13.3. The van der Waals surface area contributed by atoms with Crippen LogP contribution in [0.1, 0.15) is 19.4 Å². The summed E-state index contributed by atoms with van der Waals surface area (Å²) in [6, 6.07) is 7.27. The molecule has 0 aliphatic rings. The van der Waals surface area contributed by atoms with E-state index in [0.29, 0.717) is 5.58 Å². The van der Waals surface area contributed by atoms with Gasteiger partial charge in [0.2, 0.25) is 0 Å². The SMILES string of the molecule is C=CC(C)(C)Nc1ccc2c(C)cc(=O)oc2c1. The molecule has 0 unspecified atom stereocenters. The molecule has 0 bridgehead atoms. The maximum absolute atomic E-state index is 11.4. The average Bonchev–Trinajstić information content (AvgIpc) is 2.27. The van der Waals surface area contributed by atoms with Gasteiger partial charge in [-0.1, -0.05) is 6.08 Å². The molecule has 1 N–H and O–H groups in total. The standard InChI is InChI=1S/C15H17NO2/c1-5-15(3,4)16-11-6-7-12-10(2)8-14(17)18-13(12)9-11/h5-9,16H,1H2,2-4H3. The number of benzene rings is 1. The Kier molecular flexibility index (Phi) is 2.99. The van der Waals surface area contributed by atoms with Crippen LogP contribution in [0.2, 0.25) is 0 Å². The second-order valence-electron chi connectivity index (χ2n) is 5.01. The lowest BCUT2D eigenvalue weighted by molar-refractivity contribution is 0.560. The van der Waals surface area contributed by atoms with Crippen LogP contribution in [0, 0.1) is 6.92 Å². The van der Waals surface area contributed by atoms with E-state index in [2.05, 4.69) is 11.9 Å². The number of hydrogen-bond donors (Lipinski definition) is 1. The van der Waals surface area contributed by atoms with E-state index in [9.17, 15) is 4.79 Å². The zero-order valence-electron chi connectivity index (χ0n) is 10.9. The monoisotopic (exact) mass is 243 g/mol. The van der Waals surface area contributed by atoms with Crippen LogP contribution in [-0.2, 0) is 0 Å². The first kappa shape index (κ1) is 12.4. The minimum atomic E-state index is -0.319. The highest BCUT2D eigenvalue weighted by molar-refractivity contribution is 5.83. The highest BCUT2D eigenvalue weighted by atomic mass is 16.4. The Morgan fingerprint density at radius 1 is 1.33 bits per heavy atom. The van der Waals surface area contributed by atoms with Crippen molar-refractivity contribution in [2.45, 2.75) is 26.3 Å². The van der Waals surface area contributed by atoms with E-state index in [0.717, 1.165) is 16.6 Å². The van der Waals surface area contributed by atoms with Gasteiger partial charge in [0.15, 0.2) is 0 Å². The van der Waals surface area contributed by atoms with Crippen LogP contribution in [0.3, 0.4) is 0 Å². The molecule has 0 amide bonds. The lowest BCUT2D eigenvalue weighted by Gasteiger charge is -2.23. The zero-order valence-corrected chi connectivity index (χ0v) is 10.9. The predicted octanol–water partition coefficient (Wildman–Crippen LogP) is 3.48. The minimum Gasteiger partial charge on any atom is -0.423 e. The van der Waals surface area contributed by atoms with E-state index in [4.69, 9.17) is 4.42 Å². The second-order valence-corrected chi connectivity index (χ2v) is 5.01. The summed E-state index contributed by atoms with van der Waals surface area (Å²) in [5.41, 5.74) is 1.90. The van der Waals surface area contributed by atoms with Gasteiger partial charge in [0, 0.05) is 28.7 Å². The lowest BCUT2D eigenvalue weighted by Crippen LogP contribution is -2.27. The predicted molar refractivity (Wildman–Crippen MR) is 75.1 cm³/mol. The number of rotatable bonds is 3. The third-order valence-corrected chi connectivity index (χ3v) is 2.93. The summed E-state index contributed by atoms with van der Waals surface area (Å²) < 4.78 is 5.21. The molecule has 0 radical (unpaired) electrons. The molecular formula is C15H17NO2. The fraction of sp³-hybridized carbons (Fsp3) is 0.267. The van der Waals surface area contributed by atoms with Crippen LogP contribution in [-0.4, -0.2) is 5.54 Å². The first-order valence-corrected chi connectivity index (χ1v) is 5.87. The van der Waals surface area contributed by atoms with Gasteiger partial charge in [-0.3, -0.25) is 0 Å². The summed E-state index contributed by atoms with van der Waals surface area (Å²) in [5, 5.41) is 4.27. The van der Waals surface area contributed by atoms with Crippen molar-refractivity contribution in [3.63, 3.8) is 0 Å². The van der Waals surface area contributed by atoms with Gasteiger partial charge in [0.1, 0.15) is 5.58 Å². The highest BCUT2D eigenvalue weighted by Gasteiger charge is 2.12. The third kappa shape index (κ3) is 2.45. The molecule has 0 aliphatic carbocycles. The first-order chi connectivity index (χ1) is 8.41. The maximum Gasteiger partial charge on any atom is 0.336 e. The molecule has 0 fully saturated rings. The Morgan fingerprint density at radius 2 is 2.06 bits per heavy atom. The lowest BCUT2D eigenvalue weighted by atomic mass is 10.0. The summed E-state index contributed by atoms with van der Waals surface area (Å²) in [6.45, 7) is 9.73. The molecule has 0 spiro atoms. The Labute approximate surface area is 106 Å². The molecule has 3 heteroatoms. The Balaban J connectivity index is 2.51. The molecule has 1 heterocycles. The number of aryl methyl sites for hydroxylation is 1. The van der Waals surface area contributed by atoms with Crippen molar-refractivity contribution in [2.24, 2.45) is 0 Å². The van der Waals surface area contributed by atoms with Crippen molar-refractivity contribution in [1.82, 2.24) is 0 Å². The summed E-state index contributed by atoms with van der Waals surface area (Å²) >= 11 is 0. The minimum absolute atomic E-state index is 0.211. The summed E-state index contributed by atoms with van der Waals surface area (Å²) in [5.74, 6) is 0. The van der Waals surface area contributed by atoms with Crippen molar-refractivity contribution in [3.05, 3.63) is 52.9 Å². The van der Waals surface area contributed by atoms with Gasteiger partial charge in [0.25, 0.3) is 0 Å². The van der Waals surface area contributed by atoms with Gasteiger partial charge in [0.05, 0.1) is 0 Å². The van der Waals surface area contributed by atoms with Gasteiger partial charge >= 0.3 is 5.63 Å². The molecule has 2 aromatic rings. The topological polar surface area (TPSA) is 42.2 Å². The number of hydrogen-bond acceptors (Lipinski definition) is 3. The largest absolute Gasteiger partial charge is 0.423 e. The van der Waals surface area contributed by atoms with Crippen molar-refractivity contribution < 1.29 is 4.42 Å². The Morgan fingerprint density at radius 3 is 2.72 bits per heavy atom. The van der Waals surface area contributed by atoms with Gasteiger partial charge in [-0.25, -0.2) is 4.79 Å². The van der Waals surface area contributed by atoms with E-state index >= 15 is 0 Å². The van der Waals surface area contributed by atoms with Crippen LogP contribution in [0.4, 0.5) is 5.69 Å². The molecule has 2 rings (SSSR count). The Hall–Kier alpha value is -2.03. The van der Waals surface area contributed by atoms with Gasteiger partial charge < -0.3 is 9.73 Å². The third-order valence-electron chi connectivity index (χ3n) is 2.93. The first-order valence-electron chi connectivity index (χ1n) is 5.87. The number of anilines is 1. The molecule has 0 saturated carbocycles. The molecule has 0 saturated heterocycles. The number of nitrogens with one attached hydrogen (secondary N) is 1. The van der Waals surface area contributed by atoms with Crippen LogP contribution in [0.5, 0.6) is 0 Å². The molecule has 1 aromatic carbocycles. The van der Waals surface area contributed by atoms with E-state index in [1.54, 1.807) is 0 Å². The van der Waals surface area contributed by atoms with Crippen molar-refractivity contribution in [2.75, 3.05) is 5.32 Å². The molecule has 94 valence electrons. The van der Waals surface area contributed by atoms with Crippen molar-refractivity contribution in [3.8, 4) is 0 Å². The van der Waals surface area contributed by atoms with E-state index in [1.807, 2.05) is 45.0 Å². The fourth-order valence-corrected chi connectivity index (χ4v) is 1.83. The van der Waals surface area contributed by atoms with Gasteiger partial charge in [-0.05, 0) is 38.5 Å². The highest BCUT2D eigenvalue weighted by Crippen LogP contribution is 2.23.